The summed E-state index contributed by atoms with van der Waals surface area (Å²) in [4.78, 5) is 58.2. The van der Waals surface area contributed by atoms with Gasteiger partial charge in [-0.3, -0.25) is 14.4 Å². The molecular weight excluding hydrogens is 414 g/mol. The maximum atomic E-state index is 12.4. The second-order valence-corrected chi connectivity index (χ2v) is 8.01. The van der Waals surface area contributed by atoms with Crippen LogP contribution in [-0.2, 0) is 25.7 Å². The average molecular weight is 433 g/mol. The Morgan fingerprint density at radius 3 is 2.57 bits per heavy atom. The first-order valence-corrected chi connectivity index (χ1v) is 10.2. The van der Waals surface area contributed by atoms with Gasteiger partial charge in [-0.25, -0.2) is 9.36 Å². The van der Waals surface area contributed by atoms with Crippen molar-refractivity contribution in [2.24, 2.45) is 0 Å². The lowest BCUT2D eigenvalue weighted by atomic mass is 10.1. The average Bonchev–Trinajstić information content (AvgIpc) is 2.72. The van der Waals surface area contributed by atoms with Gasteiger partial charge in [-0.1, -0.05) is 0 Å². The maximum Gasteiger partial charge on any atom is 0.372 e. The van der Waals surface area contributed by atoms with Crippen LogP contribution in [0.5, 0.6) is 0 Å². The maximum absolute atomic E-state index is 12.4. The van der Waals surface area contributed by atoms with Crippen LogP contribution in [-0.4, -0.2) is 56.7 Å². The number of fused-ring (bicyclic) bond motifs is 1. The van der Waals surface area contributed by atoms with Gasteiger partial charge in [-0.05, 0) is 6.42 Å². The Morgan fingerprint density at radius 2 is 1.93 bits per heavy atom. The number of aliphatic carboxylic acids is 1. The number of carboxylic acids is 2. The normalized spacial score (nSPS) is 19.9. The van der Waals surface area contributed by atoms with Gasteiger partial charge in [0.1, 0.15) is 11.4 Å². The van der Waals surface area contributed by atoms with Crippen molar-refractivity contribution in [1.29, 1.82) is 0 Å². The van der Waals surface area contributed by atoms with Crippen molar-refractivity contribution in [1.82, 2.24) is 10.2 Å². The number of carbonyl (C=O) groups excluding carboxylic acids is 4. The number of amides is 2. The molecule has 0 saturated carbocycles. The summed E-state index contributed by atoms with van der Waals surface area (Å²) < 4.78 is 1.79. The number of ketones is 1. The Hall–Kier alpha value is -3.21. The summed E-state index contributed by atoms with van der Waals surface area (Å²) in [6.45, 7) is 0.492. The van der Waals surface area contributed by atoms with Crippen molar-refractivity contribution in [3.8, 4) is 0 Å². The zero-order chi connectivity index (χ0) is 21.8. The van der Waals surface area contributed by atoms with Crippen LogP contribution in [0.1, 0.15) is 29.6 Å². The Labute approximate surface area is 175 Å². The lowest BCUT2D eigenvalue weighted by Gasteiger charge is -2.47. The van der Waals surface area contributed by atoms with E-state index in [4.69, 9.17) is 5.11 Å². The van der Waals surface area contributed by atoms with Gasteiger partial charge in [-0.2, -0.15) is 0 Å². The van der Waals surface area contributed by atoms with Crippen molar-refractivity contribution < 1.29 is 38.8 Å². The number of aromatic nitrogens is 1. The fourth-order valence-electron chi connectivity index (χ4n) is 3.14. The van der Waals surface area contributed by atoms with E-state index in [1.807, 2.05) is 0 Å². The van der Waals surface area contributed by atoms with Crippen molar-refractivity contribution in [2.75, 3.05) is 5.75 Å². The topological polar surface area (TPSA) is 148 Å². The molecule has 2 aliphatic rings. The van der Waals surface area contributed by atoms with E-state index in [0.717, 1.165) is 5.57 Å². The number of nitrogens with one attached hydrogen (secondary N) is 1. The van der Waals surface area contributed by atoms with Crippen LogP contribution < -0.4 is 15.0 Å². The first-order valence-electron chi connectivity index (χ1n) is 9.15. The second kappa shape index (κ2) is 9.08. The van der Waals surface area contributed by atoms with Gasteiger partial charge in [0.2, 0.25) is 11.7 Å². The minimum atomic E-state index is -1.52. The minimum Gasteiger partial charge on any atom is -0.545 e. The first kappa shape index (κ1) is 21.5. The van der Waals surface area contributed by atoms with Gasteiger partial charge in [0.25, 0.3) is 5.91 Å². The van der Waals surface area contributed by atoms with Crippen molar-refractivity contribution in [2.45, 2.75) is 37.2 Å². The molecule has 11 heteroatoms. The Kier molecular flexibility index (Phi) is 6.50. The smallest absolute Gasteiger partial charge is 0.372 e. The third kappa shape index (κ3) is 4.85. The fraction of sp³-hybridized carbons (Fsp3) is 0.368. The van der Waals surface area contributed by atoms with Gasteiger partial charge in [-0.15, -0.1) is 11.8 Å². The van der Waals surface area contributed by atoms with Crippen molar-refractivity contribution >= 4 is 41.3 Å². The van der Waals surface area contributed by atoms with Crippen LogP contribution in [0.25, 0.3) is 0 Å². The Morgan fingerprint density at radius 1 is 1.23 bits per heavy atom. The van der Waals surface area contributed by atoms with Crippen LogP contribution in [0.3, 0.4) is 0 Å². The van der Waals surface area contributed by atoms with E-state index in [1.54, 1.807) is 28.1 Å². The molecule has 10 nitrogen and oxygen atoms in total. The molecule has 0 bridgehead atoms. The molecule has 158 valence electrons. The molecule has 1 saturated heterocycles. The molecule has 1 aromatic rings. The molecule has 1 unspecified atom stereocenters. The molecule has 2 N–H and O–H groups in total. The number of β-lactam (4-membered cyclic amide) rings is 1. The van der Waals surface area contributed by atoms with E-state index in [9.17, 15) is 29.1 Å². The highest BCUT2D eigenvalue weighted by Gasteiger charge is 2.49. The molecule has 1 fully saturated rings. The van der Waals surface area contributed by atoms with Gasteiger partial charge in [0, 0.05) is 48.1 Å². The van der Waals surface area contributed by atoms with E-state index in [2.05, 4.69) is 5.32 Å². The number of hydrogen-bond acceptors (Lipinski definition) is 7. The number of carboxylic acid groups (broad SMARTS) is 2. The molecule has 30 heavy (non-hydrogen) atoms. The molecule has 0 radical (unpaired) electrons. The summed E-state index contributed by atoms with van der Waals surface area (Å²) in [5, 5.41) is 21.7. The second-order valence-electron chi connectivity index (χ2n) is 6.91. The third-order valence-corrected chi connectivity index (χ3v) is 6.09. The van der Waals surface area contributed by atoms with E-state index in [0.29, 0.717) is 12.3 Å². The summed E-state index contributed by atoms with van der Waals surface area (Å²) in [5.41, 5.74) is 1.05. The lowest BCUT2D eigenvalue weighted by molar-refractivity contribution is -0.689. The van der Waals surface area contributed by atoms with Crippen LogP contribution in [0.4, 0.5) is 0 Å². The number of carbonyl (C=O) groups is 5. The predicted molar refractivity (Wildman–Crippen MR) is 101 cm³/mol. The minimum absolute atomic E-state index is 0.0280. The van der Waals surface area contributed by atoms with Gasteiger partial charge in [0.05, 0.1) is 5.97 Å². The number of rotatable bonds is 9. The summed E-state index contributed by atoms with van der Waals surface area (Å²) in [5.74, 6) is -3.70. The Balaban J connectivity index is 1.49. The van der Waals surface area contributed by atoms with E-state index in [-0.39, 0.29) is 36.1 Å². The largest absolute Gasteiger partial charge is 0.545 e. The number of hydrogen-bond donors (Lipinski definition) is 2. The summed E-state index contributed by atoms with van der Waals surface area (Å²) >= 11 is 1.51. The molecule has 2 aliphatic heterocycles. The van der Waals surface area contributed by atoms with Crippen molar-refractivity contribution in [3.05, 3.63) is 41.9 Å². The monoisotopic (exact) mass is 433 g/mol. The fourth-order valence-corrected chi connectivity index (χ4v) is 4.39. The number of Topliss-reactive ketones (excluding diaryl/α,β-unsaturated/α-hetero) is 1. The third-order valence-electron chi connectivity index (χ3n) is 4.72. The van der Waals surface area contributed by atoms with Gasteiger partial charge < -0.3 is 25.2 Å². The molecular formula is C19H19N3O7S. The van der Waals surface area contributed by atoms with Gasteiger partial charge in [0.15, 0.2) is 18.9 Å². The molecule has 0 aliphatic carbocycles. The van der Waals surface area contributed by atoms with E-state index >= 15 is 0 Å². The van der Waals surface area contributed by atoms with E-state index in [1.165, 1.54) is 23.9 Å². The predicted octanol–water partition coefficient (Wildman–Crippen LogP) is -1.55. The van der Waals surface area contributed by atoms with E-state index < -0.39 is 29.7 Å². The first-order chi connectivity index (χ1) is 14.3. The van der Waals surface area contributed by atoms with Crippen LogP contribution in [0.15, 0.2) is 36.3 Å². The molecule has 3 heterocycles. The quantitative estimate of drug-likeness (QED) is 0.270. The highest BCUT2D eigenvalue weighted by atomic mass is 32.2. The number of thioether (sulfide) groups is 1. The zero-order valence-electron chi connectivity index (χ0n) is 15.8. The van der Waals surface area contributed by atoms with Gasteiger partial charge >= 0.3 is 5.97 Å². The standard InChI is InChI=1S/C19H19N3O7S/c23-13(19(28)29)2-1-3-14(24)20-15-16(25)22-9-11(10-30-17(15)22)8-21-6-4-12(5-7-21)18(26)27/h4-7,9,15,17H,1-3,8,10H2,(H2-,20,24,26,27,28,29)/t15?,17-/m0/s1. The zero-order valence-corrected chi connectivity index (χ0v) is 16.6. The van der Waals surface area contributed by atoms with Crippen LogP contribution in [0, 0.1) is 0 Å². The molecule has 0 spiro atoms. The SMILES string of the molecule is O=C(CCCC(=O)C(=O)O)NC1C(=O)N2C=C(C[n+]3ccc(C(=O)[O-])cc3)CS[C@@H]12. The summed E-state index contributed by atoms with van der Waals surface area (Å²) in [6.07, 6.45) is 4.85. The molecule has 0 aromatic carbocycles. The number of aromatic carboxylic acids is 1. The highest BCUT2D eigenvalue weighted by Crippen LogP contribution is 2.36. The van der Waals surface area contributed by atoms with Crippen LogP contribution >= 0.6 is 11.8 Å². The number of nitrogens with zero attached hydrogens (tertiary/aromatic N) is 2. The summed E-state index contributed by atoms with van der Waals surface area (Å²) in [6, 6.07) is 2.24. The molecule has 1 aromatic heterocycles. The lowest BCUT2D eigenvalue weighted by Crippen LogP contribution is -2.68. The molecule has 2 amide bonds. The van der Waals surface area contributed by atoms with Crippen molar-refractivity contribution in [3.63, 3.8) is 0 Å². The molecule has 2 atom stereocenters. The molecule has 3 rings (SSSR count). The highest BCUT2D eigenvalue weighted by molar-refractivity contribution is 8.00. The van der Waals surface area contributed by atoms with Crippen LogP contribution in [0.2, 0.25) is 0 Å². The Bertz CT molecular complexity index is 929. The number of pyridine rings is 1. The summed E-state index contributed by atoms with van der Waals surface area (Å²) in [7, 11) is 0.